The first-order chi connectivity index (χ1) is 12.4. The van der Waals surface area contributed by atoms with E-state index in [2.05, 4.69) is 15.6 Å². The van der Waals surface area contributed by atoms with Crippen molar-refractivity contribution in [2.24, 2.45) is 0 Å². The Kier molecular flexibility index (Phi) is 5.41. The average Bonchev–Trinajstić information content (AvgIpc) is 3.13. The summed E-state index contributed by atoms with van der Waals surface area (Å²) in [4.78, 5) is 16.5. The van der Waals surface area contributed by atoms with Crippen LogP contribution in [-0.4, -0.2) is 30.1 Å². The topological polar surface area (TPSA) is 63.2 Å². The number of benzene rings is 1. The molecule has 2 N–H and O–H groups in total. The molecule has 1 aromatic heterocycles. The molecule has 1 saturated heterocycles. The van der Waals surface area contributed by atoms with Gasteiger partial charge in [-0.15, -0.1) is 0 Å². The number of alkyl halides is 3. The first-order valence-corrected chi connectivity index (χ1v) is 8.22. The predicted octanol–water partition coefficient (Wildman–Crippen LogP) is 3.94. The minimum absolute atomic E-state index is 0.0792. The molecule has 1 aliphatic rings. The van der Waals surface area contributed by atoms with Gasteiger partial charge in [-0.05, 0) is 43.2 Å². The number of carbonyl (C=O) groups excluding carboxylic acids is 1. The molecule has 0 aliphatic carbocycles. The lowest BCUT2D eigenvalue weighted by Gasteiger charge is -2.12. The van der Waals surface area contributed by atoms with Crippen molar-refractivity contribution in [3.63, 3.8) is 0 Å². The van der Waals surface area contributed by atoms with Crippen molar-refractivity contribution >= 4 is 17.4 Å². The molecule has 1 aromatic carbocycles. The summed E-state index contributed by atoms with van der Waals surface area (Å²) in [5, 5.41) is 5.59. The van der Waals surface area contributed by atoms with Gasteiger partial charge in [-0.3, -0.25) is 4.79 Å². The number of pyridine rings is 1. The molecular formula is C18H18F3N3O2. The van der Waals surface area contributed by atoms with E-state index < -0.39 is 17.6 Å². The number of rotatable bonds is 5. The van der Waals surface area contributed by atoms with E-state index in [1.807, 2.05) is 0 Å². The number of hydrogen-bond acceptors (Lipinski definition) is 4. The highest BCUT2D eigenvalue weighted by Crippen LogP contribution is 2.30. The Bertz CT molecular complexity index is 774. The van der Waals surface area contributed by atoms with Crippen molar-refractivity contribution < 1.29 is 22.7 Å². The van der Waals surface area contributed by atoms with Crippen LogP contribution < -0.4 is 10.6 Å². The molecule has 3 rings (SSSR count). The Labute approximate surface area is 148 Å². The first-order valence-electron chi connectivity index (χ1n) is 8.22. The summed E-state index contributed by atoms with van der Waals surface area (Å²) in [6.07, 6.45) is -0.864. The molecule has 26 heavy (non-hydrogen) atoms. The SMILES string of the molecule is O=C(Nc1cccc(C(F)(F)F)c1)c1ccnc(NCC2CCCO2)c1. The summed E-state index contributed by atoms with van der Waals surface area (Å²) in [7, 11) is 0. The van der Waals surface area contributed by atoms with E-state index in [0.717, 1.165) is 31.6 Å². The van der Waals surface area contributed by atoms with E-state index in [0.29, 0.717) is 17.9 Å². The second-order valence-electron chi connectivity index (χ2n) is 5.98. The van der Waals surface area contributed by atoms with E-state index in [-0.39, 0.29) is 11.8 Å². The van der Waals surface area contributed by atoms with Crippen molar-refractivity contribution in [1.29, 1.82) is 0 Å². The number of carbonyl (C=O) groups is 1. The Morgan fingerprint density at radius 3 is 2.85 bits per heavy atom. The lowest BCUT2D eigenvalue weighted by Crippen LogP contribution is -2.19. The smallest absolute Gasteiger partial charge is 0.376 e. The van der Waals surface area contributed by atoms with Crippen LogP contribution in [0.2, 0.25) is 0 Å². The van der Waals surface area contributed by atoms with Gasteiger partial charge in [-0.25, -0.2) is 4.98 Å². The van der Waals surface area contributed by atoms with Crippen LogP contribution in [0, 0.1) is 0 Å². The molecule has 2 aromatic rings. The molecule has 2 heterocycles. The number of amides is 1. The average molecular weight is 365 g/mol. The van der Waals surface area contributed by atoms with Crippen LogP contribution in [0.5, 0.6) is 0 Å². The standard InChI is InChI=1S/C18H18F3N3O2/c19-18(20,21)13-3-1-4-14(10-13)24-17(25)12-6-7-22-16(9-12)23-11-15-5-2-8-26-15/h1,3-4,6-7,9-10,15H,2,5,8,11H2,(H,22,23)(H,24,25). The van der Waals surface area contributed by atoms with Crippen molar-refractivity contribution in [2.75, 3.05) is 23.8 Å². The molecule has 8 heteroatoms. The third-order valence-corrected chi connectivity index (χ3v) is 4.00. The van der Waals surface area contributed by atoms with Crippen LogP contribution in [0.25, 0.3) is 0 Å². The van der Waals surface area contributed by atoms with Crippen LogP contribution in [0.3, 0.4) is 0 Å². The van der Waals surface area contributed by atoms with Gasteiger partial charge in [0.2, 0.25) is 0 Å². The van der Waals surface area contributed by atoms with E-state index in [9.17, 15) is 18.0 Å². The predicted molar refractivity (Wildman–Crippen MR) is 91.1 cm³/mol. The number of nitrogens with zero attached hydrogens (tertiary/aromatic N) is 1. The van der Waals surface area contributed by atoms with Crippen molar-refractivity contribution in [2.45, 2.75) is 25.1 Å². The van der Waals surface area contributed by atoms with Gasteiger partial charge in [0.05, 0.1) is 11.7 Å². The fraction of sp³-hybridized carbons (Fsp3) is 0.333. The number of halogens is 3. The highest BCUT2D eigenvalue weighted by Gasteiger charge is 2.30. The zero-order chi connectivity index (χ0) is 18.6. The third-order valence-electron chi connectivity index (χ3n) is 4.00. The van der Waals surface area contributed by atoms with E-state index in [1.54, 1.807) is 6.07 Å². The lowest BCUT2D eigenvalue weighted by atomic mass is 10.2. The molecule has 1 atom stereocenters. The summed E-state index contributed by atoms with van der Waals surface area (Å²) in [6, 6.07) is 7.56. The molecule has 1 aliphatic heterocycles. The van der Waals surface area contributed by atoms with Gasteiger partial charge >= 0.3 is 6.18 Å². The van der Waals surface area contributed by atoms with Crippen LogP contribution in [0.15, 0.2) is 42.6 Å². The Morgan fingerprint density at radius 2 is 2.12 bits per heavy atom. The Hall–Kier alpha value is -2.61. The van der Waals surface area contributed by atoms with Gasteiger partial charge in [0.1, 0.15) is 5.82 Å². The highest BCUT2D eigenvalue weighted by atomic mass is 19.4. The summed E-state index contributed by atoms with van der Waals surface area (Å²) in [5.74, 6) is 0.00378. The zero-order valence-corrected chi connectivity index (χ0v) is 13.8. The summed E-state index contributed by atoms with van der Waals surface area (Å²) >= 11 is 0. The van der Waals surface area contributed by atoms with E-state index in [1.165, 1.54) is 24.4 Å². The number of aromatic nitrogens is 1. The number of anilines is 2. The molecule has 1 unspecified atom stereocenters. The normalized spacial score (nSPS) is 17.1. The van der Waals surface area contributed by atoms with E-state index >= 15 is 0 Å². The van der Waals surface area contributed by atoms with Gasteiger partial charge in [0.15, 0.2) is 0 Å². The monoisotopic (exact) mass is 365 g/mol. The minimum Gasteiger partial charge on any atom is -0.376 e. The number of nitrogens with one attached hydrogen (secondary N) is 2. The first kappa shape index (κ1) is 18.2. The van der Waals surface area contributed by atoms with Crippen LogP contribution in [0.4, 0.5) is 24.7 Å². The van der Waals surface area contributed by atoms with Gasteiger partial charge in [-0.1, -0.05) is 6.07 Å². The quantitative estimate of drug-likeness (QED) is 0.842. The van der Waals surface area contributed by atoms with Crippen molar-refractivity contribution in [1.82, 2.24) is 4.98 Å². The molecule has 1 amide bonds. The highest BCUT2D eigenvalue weighted by molar-refractivity contribution is 6.04. The van der Waals surface area contributed by atoms with Gasteiger partial charge in [0, 0.05) is 30.6 Å². The van der Waals surface area contributed by atoms with E-state index in [4.69, 9.17) is 4.74 Å². The fourth-order valence-corrected chi connectivity index (χ4v) is 2.67. The molecule has 0 saturated carbocycles. The molecule has 1 fully saturated rings. The molecule has 138 valence electrons. The van der Waals surface area contributed by atoms with Gasteiger partial charge in [0.25, 0.3) is 5.91 Å². The zero-order valence-electron chi connectivity index (χ0n) is 13.8. The van der Waals surface area contributed by atoms with Crippen molar-refractivity contribution in [3.8, 4) is 0 Å². The minimum atomic E-state index is -4.46. The third kappa shape index (κ3) is 4.72. The molecule has 0 spiro atoms. The van der Waals surface area contributed by atoms with Crippen molar-refractivity contribution in [3.05, 3.63) is 53.7 Å². The maximum atomic E-state index is 12.8. The maximum Gasteiger partial charge on any atom is 0.416 e. The van der Waals surface area contributed by atoms with Crippen LogP contribution in [-0.2, 0) is 10.9 Å². The van der Waals surface area contributed by atoms with Crippen LogP contribution in [0.1, 0.15) is 28.8 Å². The summed E-state index contributed by atoms with van der Waals surface area (Å²) < 4.78 is 43.8. The molecule has 5 nitrogen and oxygen atoms in total. The van der Waals surface area contributed by atoms with Gasteiger partial charge in [-0.2, -0.15) is 13.2 Å². The van der Waals surface area contributed by atoms with Crippen LogP contribution >= 0.6 is 0 Å². The maximum absolute atomic E-state index is 12.8. The largest absolute Gasteiger partial charge is 0.416 e. The van der Waals surface area contributed by atoms with Gasteiger partial charge < -0.3 is 15.4 Å². The lowest BCUT2D eigenvalue weighted by molar-refractivity contribution is -0.137. The number of hydrogen-bond donors (Lipinski definition) is 2. The molecular weight excluding hydrogens is 347 g/mol. The number of ether oxygens (including phenoxy) is 1. The Morgan fingerprint density at radius 1 is 1.27 bits per heavy atom. The fourth-order valence-electron chi connectivity index (χ4n) is 2.67. The summed E-state index contributed by atoms with van der Waals surface area (Å²) in [5.41, 5.74) is -0.438. The second-order valence-corrected chi connectivity index (χ2v) is 5.98. The molecule has 0 bridgehead atoms. The summed E-state index contributed by atoms with van der Waals surface area (Å²) in [6.45, 7) is 1.34. The molecule has 0 radical (unpaired) electrons. The Balaban J connectivity index is 1.65. The second kappa shape index (κ2) is 7.74.